The van der Waals surface area contributed by atoms with Crippen molar-refractivity contribution >= 4 is 0 Å². The second kappa shape index (κ2) is 11.1. The first-order valence-corrected chi connectivity index (χ1v) is 14.1. The Morgan fingerprint density at radius 3 is 0.857 bits per heavy atom. The van der Waals surface area contributed by atoms with Gasteiger partial charge in [0.05, 0.1) is 22.8 Å². The molecular formula is C39H28N2O. The smallest absolute Gasteiger partial charge is 0.260 e. The quantitative estimate of drug-likeness (QED) is 0.206. The third kappa shape index (κ3) is 4.67. The molecule has 1 heterocycles. The lowest BCUT2D eigenvalue weighted by Crippen LogP contribution is -2.22. The molecule has 0 amide bonds. The number of rotatable bonds is 6. The minimum absolute atomic E-state index is 0.118. The molecule has 3 nitrogen and oxygen atoms in total. The van der Waals surface area contributed by atoms with E-state index in [1.54, 1.807) is 0 Å². The molecule has 0 atom stereocenters. The lowest BCUT2D eigenvalue weighted by atomic mass is 10.0. The van der Waals surface area contributed by atoms with Crippen LogP contribution in [0, 0.1) is 0 Å². The van der Waals surface area contributed by atoms with E-state index < -0.39 is 0 Å². The first-order chi connectivity index (χ1) is 20.8. The van der Waals surface area contributed by atoms with Crippen LogP contribution < -0.4 is 5.69 Å². The largest absolute Gasteiger partial charge is 0.338 e. The van der Waals surface area contributed by atoms with Gasteiger partial charge in [-0.3, -0.25) is 9.13 Å². The molecule has 0 radical (unpaired) electrons. The maximum absolute atomic E-state index is 14.6. The summed E-state index contributed by atoms with van der Waals surface area (Å²) >= 11 is 0. The molecule has 6 aromatic carbocycles. The Kier molecular flexibility index (Phi) is 6.67. The Morgan fingerprint density at radius 1 is 0.286 bits per heavy atom. The van der Waals surface area contributed by atoms with Crippen molar-refractivity contribution in [2.75, 3.05) is 0 Å². The zero-order valence-electron chi connectivity index (χ0n) is 23.0. The lowest BCUT2D eigenvalue weighted by Gasteiger charge is -2.12. The Labute approximate surface area is 245 Å². The number of aromatic nitrogens is 2. The minimum atomic E-state index is -0.118. The van der Waals surface area contributed by atoms with Crippen LogP contribution in [0.3, 0.4) is 0 Å². The Hall–Kier alpha value is -5.67. The summed E-state index contributed by atoms with van der Waals surface area (Å²) in [6.45, 7) is 0. The molecule has 0 unspecified atom stereocenters. The maximum Gasteiger partial charge on any atom is 0.338 e. The van der Waals surface area contributed by atoms with Gasteiger partial charge in [0.15, 0.2) is 0 Å². The van der Waals surface area contributed by atoms with Gasteiger partial charge in [-0.15, -0.1) is 0 Å². The van der Waals surface area contributed by atoms with E-state index in [2.05, 4.69) is 72.8 Å². The second-order valence-corrected chi connectivity index (χ2v) is 10.2. The molecule has 0 saturated carbocycles. The molecule has 1 aromatic heterocycles. The van der Waals surface area contributed by atoms with Crippen LogP contribution in [0.5, 0.6) is 0 Å². The third-order valence-corrected chi connectivity index (χ3v) is 7.61. The summed E-state index contributed by atoms with van der Waals surface area (Å²) in [5.74, 6) is 0. The molecule has 0 aliphatic rings. The van der Waals surface area contributed by atoms with Crippen LogP contribution in [0.25, 0.3) is 56.1 Å². The van der Waals surface area contributed by atoms with Gasteiger partial charge < -0.3 is 0 Å². The van der Waals surface area contributed by atoms with Crippen molar-refractivity contribution in [3.63, 3.8) is 0 Å². The third-order valence-electron chi connectivity index (χ3n) is 7.61. The number of benzene rings is 6. The van der Waals surface area contributed by atoms with Crippen LogP contribution in [0.15, 0.2) is 175 Å². The monoisotopic (exact) mass is 540 g/mol. The average molecular weight is 541 g/mol. The van der Waals surface area contributed by atoms with Crippen molar-refractivity contribution in [1.82, 2.24) is 9.13 Å². The highest BCUT2D eigenvalue weighted by Crippen LogP contribution is 2.36. The molecule has 0 saturated heterocycles. The molecule has 0 N–H and O–H groups in total. The number of hydrogen-bond acceptors (Lipinski definition) is 1. The SMILES string of the molecule is O=c1n(-c2ccc(-c3ccccc3)cc2)c(-c2ccccc2)c(-c2ccccc2)n1-c1ccc(-c2ccccc2)cc1. The van der Waals surface area contributed by atoms with Gasteiger partial charge in [0.1, 0.15) is 0 Å². The van der Waals surface area contributed by atoms with E-state index in [1.807, 2.05) is 106 Å². The van der Waals surface area contributed by atoms with Crippen LogP contribution >= 0.6 is 0 Å². The lowest BCUT2D eigenvalue weighted by molar-refractivity contribution is 0.914. The molecule has 0 bridgehead atoms. The fraction of sp³-hybridized carbons (Fsp3) is 0. The highest BCUT2D eigenvalue weighted by Gasteiger charge is 2.24. The molecule has 7 aromatic rings. The van der Waals surface area contributed by atoms with Gasteiger partial charge in [-0.25, -0.2) is 4.79 Å². The van der Waals surface area contributed by atoms with Crippen molar-refractivity contribution in [3.8, 4) is 56.1 Å². The van der Waals surface area contributed by atoms with E-state index in [0.29, 0.717) is 0 Å². The molecule has 0 spiro atoms. The summed E-state index contributed by atoms with van der Waals surface area (Å²) in [6.07, 6.45) is 0. The summed E-state index contributed by atoms with van der Waals surface area (Å²) in [7, 11) is 0. The molecule has 42 heavy (non-hydrogen) atoms. The maximum atomic E-state index is 14.6. The highest BCUT2D eigenvalue weighted by molar-refractivity contribution is 5.82. The fourth-order valence-corrected chi connectivity index (χ4v) is 5.57. The first kappa shape index (κ1) is 25.3. The summed E-state index contributed by atoms with van der Waals surface area (Å²) in [4.78, 5) is 14.6. The van der Waals surface area contributed by atoms with Gasteiger partial charge >= 0.3 is 5.69 Å². The van der Waals surface area contributed by atoms with E-state index in [4.69, 9.17) is 0 Å². The number of nitrogens with zero attached hydrogens (tertiary/aromatic N) is 2. The Morgan fingerprint density at radius 2 is 0.548 bits per heavy atom. The number of hydrogen-bond donors (Lipinski definition) is 0. The van der Waals surface area contributed by atoms with Gasteiger partial charge in [-0.2, -0.15) is 0 Å². The standard InChI is InChI=1S/C39H28N2O/c42-39-40(35-25-21-31(22-26-35)29-13-5-1-6-14-29)37(33-17-9-3-10-18-33)38(34-19-11-4-12-20-34)41(39)36-27-23-32(24-28-36)30-15-7-2-8-16-30/h1-28H. The normalized spacial score (nSPS) is 11.0. The van der Waals surface area contributed by atoms with E-state index in [-0.39, 0.29) is 5.69 Å². The predicted molar refractivity (Wildman–Crippen MR) is 173 cm³/mol. The first-order valence-electron chi connectivity index (χ1n) is 14.1. The zero-order valence-corrected chi connectivity index (χ0v) is 23.0. The average Bonchev–Trinajstić information content (AvgIpc) is 3.39. The fourth-order valence-electron chi connectivity index (χ4n) is 5.57. The van der Waals surface area contributed by atoms with Gasteiger partial charge in [0.25, 0.3) is 0 Å². The topological polar surface area (TPSA) is 26.9 Å². The Balaban J connectivity index is 1.47. The van der Waals surface area contributed by atoms with Crippen LogP contribution in [0.2, 0.25) is 0 Å². The van der Waals surface area contributed by atoms with Crippen molar-refractivity contribution in [1.29, 1.82) is 0 Å². The summed E-state index contributed by atoms with van der Waals surface area (Å²) < 4.78 is 3.69. The van der Waals surface area contributed by atoms with E-state index in [9.17, 15) is 4.79 Å². The molecule has 0 aliphatic carbocycles. The molecule has 0 aliphatic heterocycles. The van der Waals surface area contributed by atoms with Crippen molar-refractivity contribution in [2.24, 2.45) is 0 Å². The van der Waals surface area contributed by atoms with Crippen LogP contribution in [-0.4, -0.2) is 9.13 Å². The van der Waals surface area contributed by atoms with E-state index in [1.165, 1.54) is 0 Å². The van der Waals surface area contributed by atoms with Crippen LogP contribution in [-0.2, 0) is 0 Å². The Bertz CT molecular complexity index is 1840. The van der Waals surface area contributed by atoms with E-state index in [0.717, 1.165) is 56.1 Å². The van der Waals surface area contributed by atoms with Crippen molar-refractivity contribution in [2.45, 2.75) is 0 Å². The van der Waals surface area contributed by atoms with Gasteiger partial charge in [0, 0.05) is 11.1 Å². The molecular weight excluding hydrogens is 512 g/mol. The van der Waals surface area contributed by atoms with Crippen LogP contribution in [0.1, 0.15) is 0 Å². The van der Waals surface area contributed by atoms with Crippen molar-refractivity contribution in [3.05, 3.63) is 180 Å². The van der Waals surface area contributed by atoms with Gasteiger partial charge in [-0.1, -0.05) is 146 Å². The zero-order chi connectivity index (χ0) is 28.3. The molecule has 7 rings (SSSR count). The summed E-state index contributed by atoms with van der Waals surface area (Å²) in [5, 5.41) is 0. The predicted octanol–water partition coefficient (Wildman–Crippen LogP) is 9.30. The summed E-state index contributed by atoms with van der Waals surface area (Å²) in [5.41, 5.74) is 9.65. The van der Waals surface area contributed by atoms with E-state index >= 15 is 0 Å². The van der Waals surface area contributed by atoms with Gasteiger partial charge in [-0.05, 0) is 46.5 Å². The minimum Gasteiger partial charge on any atom is -0.260 e. The van der Waals surface area contributed by atoms with Crippen LogP contribution in [0.4, 0.5) is 0 Å². The molecule has 200 valence electrons. The van der Waals surface area contributed by atoms with Crippen molar-refractivity contribution < 1.29 is 0 Å². The van der Waals surface area contributed by atoms with Gasteiger partial charge in [0.2, 0.25) is 0 Å². The highest BCUT2D eigenvalue weighted by atomic mass is 16.1. The molecule has 0 fully saturated rings. The second-order valence-electron chi connectivity index (χ2n) is 10.2. The number of imidazole rings is 1. The molecule has 3 heteroatoms. The summed E-state index contributed by atoms with van der Waals surface area (Å²) in [6, 6.07) is 57.4.